The van der Waals surface area contributed by atoms with Crippen LogP contribution in [-0.4, -0.2) is 66.9 Å². The highest BCUT2D eigenvalue weighted by Crippen LogP contribution is 2.29. The molecule has 2 amide bonds. The first-order valence-electron chi connectivity index (χ1n) is 10.6. The van der Waals surface area contributed by atoms with E-state index in [1.54, 1.807) is 18.9 Å². The maximum atomic E-state index is 13.1. The molecule has 0 aliphatic carbocycles. The zero-order chi connectivity index (χ0) is 21.8. The van der Waals surface area contributed by atoms with E-state index in [-0.39, 0.29) is 24.1 Å². The van der Waals surface area contributed by atoms with Crippen molar-refractivity contribution in [3.63, 3.8) is 0 Å². The third-order valence-corrected chi connectivity index (χ3v) is 6.83. The minimum absolute atomic E-state index is 0.0206. The lowest BCUT2D eigenvalue weighted by Crippen LogP contribution is -2.50. The topological polar surface area (TPSA) is 59.1 Å². The van der Waals surface area contributed by atoms with Crippen LogP contribution in [-0.2, 0) is 11.2 Å². The van der Waals surface area contributed by atoms with Crippen LogP contribution in [0, 0.1) is 0 Å². The van der Waals surface area contributed by atoms with Crippen molar-refractivity contribution in [2.75, 3.05) is 33.1 Å². The number of nitrogens with zero attached hydrogens (tertiary/aromatic N) is 2. The minimum Gasteiger partial charge on any atom is -0.496 e. The van der Waals surface area contributed by atoms with E-state index in [1.807, 2.05) is 52.5 Å². The number of rotatable bonds is 6. The number of ether oxygens (including phenoxy) is 2. The zero-order valence-corrected chi connectivity index (χ0v) is 18.8. The summed E-state index contributed by atoms with van der Waals surface area (Å²) in [5, 5.41) is 0. The van der Waals surface area contributed by atoms with E-state index in [0.29, 0.717) is 31.0 Å². The van der Waals surface area contributed by atoms with Gasteiger partial charge in [0, 0.05) is 24.0 Å². The molecule has 0 saturated carbocycles. The average Bonchev–Trinajstić information content (AvgIpc) is 3.18. The molecule has 7 heteroatoms. The standard InChI is InChI=1S/C24H28N2O4S/c1-29-22-15-20(31-2)8-9-21(22)23(27)25-12-10-18(11-13-25)26-19(16-30-24(26)28)14-17-6-4-3-5-7-17/h3-9,15,18-19H,10-14,16H2,1-2H3/t19-/m1/s1. The Balaban J connectivity index is 1.41. The molecule has 1 atom stereocenters. The highest BCUT2D eigenvalue weighted by molar-refractivity contribution is 7.98. The van der Waals surface area contributed by atoms with Crippen LogP contribution in [0.15, 0.2) is 53.4 Å². The molecule has 0 radical (unpaired) electrons. The number of benzene rings is 2. The number of carbonyl (C=O) groups excluding carboxylic acids is 2. The Morgan fingerprint density at radius 1 is 1.16 bits per heavy atom. The van der Waals surface area contributed by atoms with Gasteiger partial charge in [0.05, 0.1) is 18.7 Å². The third kappa shape index (κ3) is 4.66. The van der Waals surface area contributed by atoms with Gasteiger partial charge in [-0.25, -0.2) is 4.79 Å². The summed E-state index contributed by atoms with van der Waals surface area (Å²) in [6, 6.07) is 16.0. The molecular formula is C24H28N2O4S. The van der Waals surface area contributed by atoms with Crippen molar-refractivity contribution >= 4 is 23.8 Å². The van der Waals surface area contributed by atoms with Gasteiger partial charge < -0.3 is 14.4 Å². The molecule has 2 aromatic rings. The molecule has 2 aromatic carbocycles. The van der Waals surface area contributed by atoms with Gasteiger partial charge in [-0.1, -0.05) is 30.3 Å². The molecule has 0 aromatic heterocycles. The van der Waals surface area contributed by atoms with Crippen LogP contribution in [0.5, 0.6) is 5.75 Å². The summed E-state index contributed by atoms with van der Waals surface area (Å²) in [7, 11) is 1.59. The van der Waals surface area contributed by atoms with Crippen LogP contribution in [0.4, 0.5) is 4.79 Å². The van der Waals surface area contributed by atoms with Gasteiger partial charge in [0.25, 0.3) is 5.91 Å². The lowest BCUT2D eigenvalue weighted by molar-refractivity contribution is 0.0634. The molecule has 2 aliphatic heterocycles. The fraction of sp³-hybridized carbons (Fsp3) is 0.417. The largest absolute Gasteiger partial charge is 0.496 e. The van der Waals surface area contributed by atoms with E-state index >= 15 is 0 Å². The Labute approximate surface area is 187 Å². The number of cyclic esters (lactones) is 1. The molecule has 4 rings (SSSR count). The highest BCUT2D eigenvalue weighted by atomic mass is 32.2. The molecule has 0 bridgehead atoms. The van der Waals surface area contributed by atoms with Crippen molar-refractivity contribution in [3.8, 4) is 5.75 Å². The molecule has 0 spiro atoms. The molecular weight excluding hydrogens is 412 g/mol. The van der Waals surface area contributed by atoms with Crippen molar-refractivity contribution in [1.82, 2.24) is 9.80 Å². The van der Waals surface area contributed by atoms with Crippen molar-refractivity contribution in [3.05, 3.63) is 59.7 Å². The lowest BCUT2D eigenvalue weighted by atomic mass is 9.98. The van der Waals surface area contributed by atoms with Gasteiger partial charge in [0.15, 0.2) is 0 Å². The third-order valence-electron chi connectivity index (χ3n) is 6.10. The molecule has 0 N–H and O–H groups in total. The van der Waals surface area contributed by atoms with Gasteiger partial charge in [0.1, 0.15) is 12.4 Å². The highest BCUT2D eigenvalue weighted by Gasteiger charge is 2.40. The summed E-state index contributed by atoms with van der Waals surface area (Å²) in [4.78, 5) is 30.4. The molecule has 0 unspecified atom stereocenters. The Kier molecular flexibility index (Phi) is 6.70. The quantitative estimate of drug-likeness (QED) is 0.634. The van der Waals surface area contributed by atoms with Gasteiger partial charge in [-0.15, -0.1) is 11.8 Å². The van der Waals surface area contributed by atoms with E-state index in [1.165, 1.54) is 5.56 Å². The van der Waals surface area contributed by atoms with Crippen LogP contribution in [0.2, 0.25) is 0 Å². The van der Waals surface area contributed by atoms with Gasteiger partial charge in [-0.3, -0.25) is 9.69 Å². The molecule has 2 fully saturated rings. The SMILES string of the molecule is COc1cc(SC)ccc1C(=O)N1CCC(N2C(=O)OC[C@H]2Cc2ccccc2)CC1. The van der Waals surface area contributed by atoms with Crippen LogP contribution < -0.4 is 4.74 Å². The van der Waals surface area contributed by atoms with Gasteiger partial charge in [-0.2, -0.15) is 0 Å². The molecule has 2 saturated heterocycles. The number of likely N-dealkylation sites (tertiary alicyclic amines) is 1. The van der Waals surface area contributed by atoms with E-state index in [0.717, 1.165) is 24.2 Å². The number of thioether (sulfide) groups is 1. The summed E-state index contributed by atoms with van der Waals surface area (Å²) in [6.07, 6.45) is 4.04. The first-order chi connectivity index (χ1) is 15.1. The van der Waals surface area contributed by atoms with E-state index in [4.69, 9.17) is 9.47 Å². The predicted molar refractivity (Wildman–Crippen MR) is 121 cm³/mol. The number of hydrogen-bond acceptors (Lipinski definition) is 5. The maximum absolute atomic E-state index is 13.1. The Morgan fingerprint density at radius 3 is 2.58 bits per heavy atom. The first kappa shape index (κ1) is 21.6. The smallest absolute Gasteiger partial charge is 0.410 e. The Morgan fingerprint density at radius 2 is 1.90 bits per heavy atom. The molecule has 2 aliphatic rings. The first-order valence-corrected chi connectivity index (χ1v) is 11.8. The van der Waals surface area contributed by atoms with Crippen molar-refractivity contribution < 1.29 is 19.1 Å². The van der Waals surface area contributed by atoms with E-state index in [2.05, 4.69) is 12.1 Å². The van der Waals surface area contributed by atoms with Crippen LogP contribution >= 0.6 is 11.8 Å². The van der Waals surface area contributed by atoms with Crippen LogP contribution in [0.1, 0.15) is 28.8 Å². The number of hydrogen-bond donors (Lipinski definition) is 0. The monoisotopic (exact) mass is 440 g/mol. The van der Waals surface area contributed by atoms with Gasteiger partial charge >= 0.3 is 6.09 Å². The number of carbonyl (C=O) groups is 2. The summed E-state index contributed by atoms with van der Waals surface area (Å²) in [6.45, 7) is 1.64. The Bertz CT molecular complexity index is 928. The van der Waals surface area contributed by atoms with Crippen LogP contribution in [0.3, 0.4) is 0 Å². The van der Waals surface area contributed by atoms with Crippen LogP contribution in [0.25, 0.3) is 0 Å². The second-order valence-electron chi connectivity index (χ2n) is 7.92. The molecule has 164 valence electrons. The second kappa shape index (κ2) is 9.64. The second-order valence-corrected chi connectivity index (χ2v) is 8.80. The molecule has 6 nitrogen and oxygen atoms in total. The predicted octanol–water partition coefficient (Wildman–Crippen LogP) is 4.09. The Hall–Kier alpha value is -2.67. The van der Waals surface area contributed by atoms with Crippen molar-refractivity contribution in [2.24, 2.45) is 0 Å². The fourth-order valence-electron chi connectivity index (χ4n) is 4.45. The lowest BCUT2D eigenvalue weighted by Gasteiger charge is -2.38. The fourth-order valence-corrected chi connectivity index (χ4v) is 4.88. The van der Waals surface area contributed by atoms with Gasteiger partial charge in [-0.05, 0) is 49.3 Å². The summed E-state index contributed by atoms with van der Waals surface area (Å²) in [5.74, 6) is 0.581. The van der Waals surface area contributed by atoms with Crippen molar-refractivity contribution in [1.29, 1.82) is 0 Å². The zero-order valence-electron chi connectivity index (χ0n) is 18.0. The summed E-state index contributed by atoms with van der Waals surface area (Å²) < 4.78 is 10.8. The van der Waals surface area contributed by atoms with Gasteiger partial charge in [0.2, 0.25) is 0 Å². The molecule has 2 heterocycles. The normalized spacial score (nSPS) is 19.4. The number of piperidine rings is 1. The molecule has 31 heavy (non-hydrogen) atoms. The van der Waals surface area contributed by atoms with Crippen molar-refractivity contribution in [2.45, 2.75) is 36.2 Å². The number of methoxy groups -OCH3 is 1. The summed E-state index contributed by atoms with van der Waals surface area (Å²) in [5.41, 5.74) is 1.78. The van der Waals surface area contributed by atoms with E-state index in [9.17, 15) is 9.59 Å². The van der Waals surface area contributed by atoms with E-state index < -0.39 is 0 Å². The average molecular weight is 441 g/mol. The maximum Gasteiger partial charge on any atom is 0.410 e. The summed E-state index contributed by atoms with van der Waals surface area (Å²) >= 11 is 1.62. The number of amides is 2. The minimum atomic E-state index is -0.236.